The van der Waals surface area contributed by atoms with Crippen molar-refractivity contribution in [2.45, 2.75) is 53.5 Å². The molecular formula is C15H30N2O2. The molecule has 1 atom stereocenters. The van der Waals surface area contributed by atoms with E-state index in [4.69, 9.17) is 0 Å². The van der Waals surface area contributed by atoms with Crippen LogP contribution >= 0.6 is 0 Å². The average molecular weight is 270 g/mol. The second-order valence-electron chi connectivity index (χ2n) is 6.98. The summed E-state index contributed by atoms with van der Waals surface area (Å²) in [5, 5.41) is 3.27. The Morgan fingerprint density at radius 3 is 2.16 bits per heavy atom. The number of rotatable bonds is 7. The lowest BCUT2D eigenvalue weighted by atomic mass is 9.84. The maximum absolute atomic E-state index is 12.4. The van der Waals surface area contributed by atoms with E-state index < -0.39 is 5.41 Å². The molecule has 0 aliphatic rings. The number of nitrogens with one attached hydrogen (secondary N) is 1. The summed E-state index contributed by atoms with van der Waals surface area (Å²) >= 11 is 0. The van der Waals surface area contributed by atoms with Crippen molar-refractivity contribution in [3.63, 3.8) is 0 Å². The van der Waals surface area contributed by atoms with E-state index >= 15 is 0 Å². The molecule has 0 bridgehead atoms. The molecule has 0 aliphatic heterocycles. The smallest absolute Gasteiger partial charge is 0.228 e. The van der Waals surface area contributed by atoms with Crippen LogP contribution in [-0.4, -0.2) is 43.8 Å². The number of amides is 1. The van der Waals surface area contributed by atoms with Crippen molar-refractivity contribution < 1.29 is 9.59 Å². The van der Waals surface area contributed by atoms with Crippen LogP contribution in [0.1, 0.15) is 47.5 Å². The summed E-state index contributed by atoms with van der Waals surface area (Å²) in [7, 11) is 3.76. The van der Waals surface area contributed by atoms with E-state index in [0.29, 0.717) is 19.4 Å². The van der Waals surface area contributed by atoms with E-state index in [1.165, 1.54) is 0 Å². The molecule has 0 aliphatic carbocycles. The quantitative estimate of drug-likeness (QED) is 0.721. The highest BCUT2D eigenvalue weighted by molar-refractivity contribution is 5.82. The van der Waals surface area contributed by atoms with E-state index in [1.807, 2.05) is 27.9 Å². The number of carbonyl (C=O) groups excluding carboxylic acids is 2. The molecule has 0 aromatic heterocycles. The van der Waals surface area contributed by atoms with Crippen LogP contribution in [-0.2, 0) is 9.59 Å². The zero-order chi connectivity index (χ0) is 15.3. The van der Waals surface area contributed by atoms with Crippen molar-refractivity contribution in [2.75, 3.05) is 20.6 Å². The van der Waals surface area contributed by atoms with Gasteiger partial charge in [0.15, 0.2) is 0 Å². The van der Waals surface area contributed by atoms with E-state index in [0.717, 1.165) is 6.29 Å². The third-order valence-electron chi connectivity index (χ3n) is 3.66. The summed E-state index contributed by atoms with van der Waals surface area (Å²) in [6.45, 7) is 10.9. The maximum Gasteiger partial charge on any atom is 0.228 e. The fraction of sp³-hybridized carbons (Fsp3) is 0.867. The zero-order valence-electron chi connectivity index (χ0n) is 13.5. The predicted molar refractivity (Wildman–Crippen MR) is 79.0 cm³/mol. The Morgan fingerprint density at radius 1 is 1.26 bits per heavy atom. The molecule has 1 N–H and O–H groups in total. The summed E-state index contributed by atoms with van der Waals surface area (Å²) in [4.78, 5) is 24.7. The minimum absolute atomic E-state index is 0.0935. The van der Waals surface area contributed by atoms with Gasteiger partial charge in [-0.3, -0.25) is 4.79 Å². The molecule has 4 nitrogen and oxygen atoms in total. The van der Waals surface area contributed by atoms with Gasteiger partial charge in [0.1, 0.15) is 6.29 Å². The van der Waals surface area contributed by atoms with Crippen molar-refractivity contribution in [3.05, 3.63) is 0 Å². The van der Waals surface area contributed by atoms with Crippen molar-refractivity contribution in [1.82, 2.24) is 10.2 Å². The van der Waals surface area contributed by atoms with Gasteiger partial charge in [0.2, 0.25) is 5.91 Å². The van der Waals surface area contributed by atoms with Crippen molar-refractivity contribution in [2.24, 2.45) is 10.8 Å². The highest BCUT2D eigenvalue weighted by Gasteiger charge is 2.32. The standard InChI is InChI=1S/C15H30N2O2/c1-14(2,3)12(16-6)11-17(7)13(19)15(4,5)9-8-10-18/h10,12,16H,8-9,11H2,1-7H3. The van der Waals surface area contributed by atoms with E-state index in [1.54, 1.807) is 4.90 Å². The molecule has 0 saturated heterocycles. The lowest BCUT2D eigenvalue weighted by Gasteiger charge is -2.36. The van der Waals surface area contributed by atoms with Gasteiger partial charge in [0.25, 0.3) is 0 Å². The van der Waals surface area contributed by atoms with Crippen molar-refractivity contribution in [3.8, 4) is 0 Å². The van der Waals surface area contributed by atoms with Crippen LogP contribution in [0.25, 0.3) is 0 Å². The molecule has 0 aromatic rings. The van der Waals surface area contributed by atoms with Gasteiger partial charge in [-0.05, 0) is 18.9 Å². The van der Waals surface area contributed by atoms with Gasteiger partial charge < -0.3 is 15.0 Å². The molecule has 19 heavy (non-hydrogen) atoms. The molecule has 1 unspecified atom stereocenters. The molecule has 0 saturated carbocycles. The Balaban J connectivity index is 4.68. The number of hydrogen-bond donors (Lipinski definition) is 1. The maximum atomic E-state index is 12.4. The van der Waals surface area contributed by atoms with Gasteiger partial charge in [-0.2, -0.15) is 0 Å². The molecule has 112 valence electrons. The van der Waals surface area contributed by atoms with Gasteiger partial charge in [-0.25, -0.2) is 0 Å². The third-order valence-corrected chi connectivity index (χ3v) is 3.66. The first kappa shape index (κ1) is 18.1. The summed E-state index contributed by atoms with van der Waals surface area (Å²) in [6.07, 6.45) is 1.90. The van der Waals surface area contributed by atoms with Gasteiger partial charge in [-0.1, -0.05) is 34.6 Å². The van der Waals surface area contributed by atoms with Crippen LogP contribution in [0.4, 0.5) is 0 Å². The van der Waals surface area contributed by atoms with Crippen LogP contribution in [0.15, 0.2) is 0 Å². The van der Waals surface area contributed by atoms with Crippen LogP contribution in [0.5, 0.6) is 0 Å². The molecule has 4 heteroatoms. The molecular weight excluding hydrogens is 240 g/mol. The van der Waals surface area contributed by atoms with E-state index in [-0.39, 0.29) is 17.4 Å². The van der Waals surface area contributed by atoms with Crippen LogP contribution < -0.4 is 5.32 Å². The second kappa shape index (κ2) is 7.04. The Morgan fingerprint density at radius 2 is 1.79 bits per heavy atom. The van der Waals surface area contributed by atoms with Crippen molar-refractivity contribution >= 4 is 12.2 Å². The lowest BCUT2D eigenvalue weighted by molar-refractivity contribution is -0.140. The highest BCUT2D eigenvalue weighted by Crippen LogP contribution is 2.26. The van der Waals surface area contributed by atoms with Gasteiger partial charge in [0.05, 0.1) is 0 Å². The molecule has 0 fully saturated rings. The normalized spacial score (nSPS) is 14.1. The van der Waals surface area contributed by atoms with E-state index in [2.05, 4.69) is 26.1 Å². The van der Waals surface area contributed by atoms with Gasteiger partial charge in [0, 0.05) is 31.5 Å². The molecule has 0 spiro atoms. The number of carbonyl (C=O) groups is 2. The Kier molecular flexibility index (Phi) is 6.70. The Hall–Kier alpha value is -0.900. The molecule has 0 aromatic carbocycles. The summed E-state index contributed by atoms with van der Waals surface area (Å²) in [5.41, 5.74) is -0.387. The first-order valence-corrected chi connectivity index (χ1v) is 6.92. The van der Waals surface area contributed by atoms with Crippen LogP contribution in [0.2, 0.25) is 0 Å². The lowest BCUT2D eigenvalue weighted by Crippen LogP contribution is -2.50. The summed E-state index contributed by atoms with van der Waals surface area (Å²) in [5.74, 6) is 0.0962. The first-order valence-electron chi connectivity index (χ1n) is 6.92. The number of hydrogen-bond acceptors (Lipinski definition) is 3. The topological polar surface area (TPSA) is 49.4 Å². The largest absolute Gasteiger partial charge is 0.344 e. The highest BCUT2D eigenvalue weighted by atomic mass is 16.2. The number of nitrogens with zero attached hydrogens (tertiary/aromatic N) is 1. The monoisotopic (exact) mass is 270 g/mol. The Labute approximate surface area is 117 Å². The minimum Gasteiger partial charge on any atom is -0.344 e. The fourth-order valence-electron chi connectivity index (χ4n) is 2.20. The molecule has 0 heterocycles. The first-order chi connectivity index (χ1) is 8.56. The average Bonchev–Trinajstić information content (AvgIpc) is 2.30. The minimum atomic E-state index is -0.480. The SMILES string of the molecule is CNC(CN(C)C(=O)C(C)(C)CCC=O)C(C)(C)C. The molecule has 0 rings (SSSR count). The molecule has 0 radical (unpaired) electrons. The van der Waals surface area contributed by atoms with E-state index in [9.17, 15) is 9.59 Å². The fourth-order valence-corrected chi connectivity index (χ4v) is 2.20. The predicted octanol–water partition coefficient (Wildman–Crippen LogP) is 2.08. The number of likely N-dealkylation sites (N-methyl/N-ethyl adjacent to an activating group) is 2. The van der Waals surface area contributed by atoms with Gasteiger partial charge in [-0.15, -0.1) is 0 Å². The third kappa shape index (κ3) is 5.72. The zero-order valence-corrected chi connectivity index (χ0v) is 13.5. The van der Waals surface area contributed by atoms with Crippen molar-refractivity contribution in [1.29, 1.82) is 0 Å². The Bertz CT molecular complexity index is 306. The molecule has 1 amide bonds. The van der Waals surface area contributed by atoms with Gasteiger partial charge >= 0.3 is 0 Å². The summed E-state index contributed by atoms with van der Waals surface area (Å²) in [6, 6.07) is 0.239. The second-order valence-corrected chi connectivity index (χ2v) is 6.98. The summed E-state index contributed by atoms with van der Waals surface area (Å²) < 4.78 is 0. The van der Waals surface area contributed by atoms with Crippen LogP contribution in [0.3, 0.4) is 0 Å². The van der Waals surface area contributed by atoms with Crippen LogP contribution in [0, 0.1) is 10.8 Å². The number of aldehydes is 1.